The molecular formula is C13H16F2N4O. The summed E-state index contributed by atoms with van der Waals surface area (Å²) in [4.78, 5) is 4.25. The van der Waals surface area contributed by atoms with Crippen LogP contribution in [0.1, 0.15) is 28.9 Å². The predicted molar refractivity (Wildman–Crippen MR) is 69.6 cm³/mol. The van der Waals surface area contributed by atoms with Crippen LogP contribution in [0.2, 0.25) is 0 Å². The summed E-state index contributed by atoms with van der Waals surface area (Å²) in [5.74, 6) is 0.557. The van der Waals surface area contributed by atoms with Crippen molar-refractivity contribution in [3.63, 3.8) is 0 Å². The van der Waals surface area contributed by atoms with Crippen LogP contribution < -0.4 is 10.1 Å². The number of nitrogens with one attached hydrogen (secondary N) is 2. The van der Waals surface area contributed by atoms with Gasteiger partial charge in [-0.05, 0) is 12.5 Å². The van der Waals surface area contributed by atoms with Gasteiger partial charge in [0.2, 0.25) is 5.88 Å². The molecule has 2 heterocycles. The van der Waals surface area contributed by atoms with Crippen LogP contribution in [0, 0.1) is 6.92 Å². The zero-order chi connectivity index (χ0) is 14.5. The van der Waals surface area contributed by atoms with Gasteiger partial charge >= 0.3 is 0 Å². The molecule has 0 bridgehead atoms. The maximum Gasteiger partial charge on any atom is 0.280 e. The highest BCUT2D eigenvalue weighted by Gasteiger charge is 2.14. The molecule has 0 aliphatic heterocycles. The van der Waals surface area contributed by atoms with Crippen LogP contribution in [0.25, 0.3) is 0 Å². The number of hydrogen-bond donors (Lipinski definition) is 2. The molecule has 0 saturated heterocycles. The number of aryl methyl sites for hydroxylation is 1. The molecular weight excluding hydrogens is 266 g/mol. The van der Waals surface area contributed by atoms with E-state index >= 15 is 0 Å². The number of alkyl halides is 2. The molecule has 0 fully saturated rings. The van der Waals surface area contributed by atoms with E-state index in [0.717, 1.165) is 11.3 Å². The van der Waals surface area contributed by atoms with E-state index in [-0.39, 0.29) is 5.69 Å². The van der Waals surface area contributed by atoms with Crippen molar-refractivity contribution in [3.05, 3.63) is 40.8 Å². The summed E-state index contributed by atoms with van der Waals surface area (Å²) in [5.41, 5.74) is 2.17. The Bertz CT molecular complexity index is 571. The highest BCUT2D eigenvalue weighted by molar-refractivity contribution is 5.25. The molecule has 0 spiro atoms. The summed E-state index contributed by atoms with van der Waals surface area (Å²) in [5, 5.41) is 9.05. The van der Waals surface area contributed by atoms with Crippen molar-refractivity contribution in [2.24, 2.45) is 0 Å². The second-order valence-electron chi connectivity index (χ2n) is 4.31. The first-order valence-corrected chi connectivity index (χ1v) is 6.13. The van der Waals surface area contributed by atoms with Crippen LogP contribution in [-0.2, 0) is 13.1 Å². The summed E-state index contributed by atoms with van der Waals surface area (Å²) >= 11 is 0. The zero-order valence-corrected chi connectivity index (χ0v) is 11.3. The van der Waals surface area contributed by atoms with Crippen LogP contribution in [-0.4, -0.2) is 22.3 Å². The molecule has 0 unspecified atom stereocenters. The molecule has 0 aliphatic rings. The first-order chi connectivity index (χ1) is 9.61. The Hall–Kier alpha value is -2.02. The lowest BCUT2D eigenvalue weighted by Gasteiger charge is -2.08. The Kier molecular flexibility index (Phi) is 4.62. The number of ether oxygens (including phenoxy) is 1. The average molecular weight is 282 g/mol. The fourth-order valence-corrected chi connectivity index (χ4v) is 1.85. The fourth-order valence-electron chi connectivity index (χ4n) is 1.85. The van der Waals surface area contributed by atoms with E-state index in [4.69, 9.17) is 4.74 Å². The van der Waals surface area contributed by atoms with Crippen LogP contribution in [0.5, 0.6) is 5.88 Å². The van der Waals surface area contributed by atoms with Gasteiger partial charge in [0.25, 0.3) is 6.43 Å². The summed E-state index contributed by atoms with van der Waals surface area (Å²) < 4.78 is 30.3. The zero-order valence-electron chi connectivity index (χ0n) is 11.3. The first kappa shape index (κ1) is 14.4. The largest absolute Gasteiger partial charge is 0.481 e. The molecule has 0 aliphatic carbocycles. The van der Waals surface area contributed by atoms with Crippen molar-refractivity contribution in [1.82, 2.24) is 20.5 Å². The fraction of sp³-hybridized carbons (Fsp3) is 0.385. The monoisotopic (exact) mass is 282 g/mol. The Morgan fingerprint density at radius 1 is 1.30 bits per heavy atom. The maximum absolute atomic E-state index is 12.6. The van der Waals surface area contributed by atoms with Crippen LogP contribution >= 0.6 is 0 Å². The van der Waals surface area contributed by atoms with E-state index in [1.54, 1.807) is 13.2 Å². The molecule has 0 aromatic carbocycles. The number of hydrogen-bond acceptors (Lipinski definition) is 4. The standard InChI is InChI=1S/C13H16F2N4O/c1-8-9(3-4-11(18-8)20-2)5-16-6-10-7-17-19-12(10)13(14)15/h3-4,7,13,16H,5-6H2,1-2H3,(H,17,19). The molecule has 5 nitrogen and oxygen atoms in total. The number of pyridine rings is 1. The minimum absolute atomic E-state index is 0.137. The van der Waals surface area contributed by atoms with E-state index in [9.17, 15) is 8.78 Å². The lowest BCUT2D eigenvalue weighted by Crippen LogP contribution is -2.14. The topological polar surface area (TPSA) is 62.8 Å². The van der Waals surface area contributed by atoms with E-state index < -0.39 is 6.43 Å². The second kappa shape index (κ2) is 6.42. The van der Waals surface area contributed by atoms with Crippen molar-refractivity contribution in [3.8, 4) is 5.88 Å². The van der Waals surface area contributed by atoms with Gasteiger partial charge in [-0.2, -0.15) is 5.10 Å². The van der Waals surface area contributed by atoms with Gasteiger partial charge in [0.15, 0.2) is 0 Å². The normalized spacial score (nSPS) is 11.1. The smallest absolute Gasteiger partial charge is 0.280 e. The molecule has 2 rings (SSSR count). The highest BCUT2D eigenvalue weighted by Crippen LogP contribution is 2.20. The summed E-state index contributed by atoms with van der Waals surface area (Å²) in [6.07, 6.45) is -1.13. The lowest BCUT2D eigenvalue weighted by molar-refractivity contribution is 0.144. The molecule has 7 heteroatoms. The number of rotatable bonds is 6. The molecule has 2 aromatic rings. The molecule has 0 atom stereocenters. The molecule has 0 radical (unpaired) electrons. The SMILES string of the molecule is COc1ccc(CNCc2cn[nH]c2C(F)F)c(C)n1. The van der Waals surface area contributed by atoms with Gasteiger partial charge in [0.1, 0.15) is 5.69 Å². The Balaban J connectivity index is 1.94. The minimum Gasteiger partial charge on any atom is -0.481 e. The molecule has 2 N–H and O–H groups in total. The number of halogens is 2. The Labute approximate surface area is 115 Å². The predicted octanol–water partition coefficient (Wildman–Crippen LogP) is 2.35. The quantitative estimate of drug-likeness (QED) is 0.853. The molecule has 2 aromatic heterocycles. The average Bonchev–Trinajstić information content (AvgIpc) is 2.89. The number of aromatic nitrogens is 3. The third-order valence-electron chi connectivity index (χ3n) is 2.98. The van der Waals surface area contributed by atoms with Crippen LogP contribution in [0.3, 0.4) is 0 Å². The molecule has 0 saturated carbocycles. The van der Waals surface area contributed by atoms with Crippen LogP contribution in [0.15, 0.2) is 18.3 Å². The molecule has 0 amide bonds. The van der Waals surface area contributed by atoms with Crippen molar-refractivity contribution in [2.45, 2.75) is 26.4 Å². The first-order valence-electron chi connectivity index (χ1n) is 6.13. The van der Waals surface area contributed by atoms with E-state index in [2.05, 4.69) is 20.5 Å². The summed E-state index contributed by atoms with van der Waals surface area (Å²) in [7, 11) is 1.56. The maximum atomic E-state index is 12.6. The number of methoxy groups -OCH3 is 1. The Morgan fingerprint density at radius 2 is 2.05 bits per heavy atom. The summed E-state index contributed by atoms with van der Waals surface area (Å²) in [6, 6.07) is 3.67. The van der Waals surface area contributed by atoms with Gasteiger partial charge < -0.3 is 10.1 Å². The van der Waals surface area contributed by atoms with Crippen molar-refractivity contribution in [1.29, 1.82) is 0 Å². The van der Waals surface area contributed by atoms with Crippen LogP contribution in [0.4, 0.5) is 8.78 Å². The van der Waals surface area contributed by atoms with Crippen molar-refractivity contribution >= 4 is 0 Å². The minimum atomic E-state index is -2.54. The molecule has 20 heavy (non-hydrogen) atoms. The summed E-state index contributed by atoms with van der Waals surface area (Å²) in [6.45, 7) is 2.74. The van der Waals surface area contributed by atoms with Crippen molar-refractivity contribution in [2.75, 3.05) is 7.11 Å². The second-order valence-corrected chi connectivity index (χ2v) is 4.31. The van der Waals surface area contributed by atoms with Gasteiger partial charge in [-0.15, -0.1) is 0 Å². The lowest BCUT2D eigenvalue weighted by atomic mass is 10.2. The number of H-pyrrole nitrogens is 1. The van der Waals surface area contributed by atoms with Gasteiger partial charge in [-0.25, -0.2) is 13.8 Å². The van der Waals surface area contributed by atoms with E-state index in [1.165, 1.54) is 6.20 Å². The third kappa shape index (κ3) is 3.30. The van der Waals surface area contributed by atoms with Gasteiger partial charge in [0.05, 0.1) is 13.3 Å². The molecule has 108 valence electrons. The van der Waals surface area contributed by atoms with Gasteiger partial charge in [0, 0.05) is 30.4 Å². The number of nitrogens with zero attached hydrogens (tertiary/aromatic N) is 2. The van der Waals surface area contributed by atoms with E-state index in [0.29, 0.717) is 24.5 Å². The Morgan fingerprint density at radius 3 is 2.70 bits per heavy atom. The van der Waals surface area contributed by atoms with Gasteiger partial charge in [-0.3, -0.25) is 5.10 Å². The van der Waals surface area contributed by atoms with E-state index in [1.807, 2.05) is 13.0 Å². The van der Waals surface area contributed by atoms with Crippen molar-refractivity contribution < 1.29 is 13.5 Å². The number of aromatic amines is 1. The van der Waals surface area contributed by atoms with Gasteiger partial charge in [-0.1, -0.05) is 6.07 Å². The highest BCUT2D eigenvalue weighted by atomic mass is 19.3. The third-order valence-corrected chi connectivity index (χ3v) is 2.98.